The van der Waals surface area contributed by atoms with Crippen LogP contribution < -0.4 is 31.5 Å². The molecule has 0 amide bonds. The van der Waals surface area contributed by atoms with Crippen molar-refractivity contribution in [3.63, 3.8) is 0 Å². The lowest BCUT2D eigenvalue weighted by Crippen LogP contribution is -2.40. The van der Waals surface area contributed by atoms with Crippen molar-refractivity contribution in [3.8, 4) is 122 Å². The highest BCUT2D eigenvalue weighted by atomic mass is 79.9. The molecule has 0 radical (unpaired) electrons. The minimum absolute atomic E-state index is 0.0214. The summed E-state index contributed by atoms with van der Waals surface area (Å²) in [4.78, 5) is 7.98. The van der Waals surface area contributed by atoms with E-state index in [1.165, 1.54) is 212 Å². The van der Waals surface area contributed by atoms with Crippen LogP contribution >= 0.6 is 15.9 Å². The Morgan fingerprint density at radius 3 is 0.738 bits per heavy atom. The maximum absolute atomic E-state index is 6.24. The van der Waals surface area contributed by atoms with Crippen LogP contribution in [0.2, 0.25) is 0 Å². The lowest BCUT2D eigenvalue weighted by molar-refractivity contribution is 0.750. The van der Waals surface area contributed by atoms with Gasteiger partial charge in [-0.1, -0.05) is 477 Å². The Bertz CT molecular complexity index is 8020. The molecule has 6 aliphatic heterocycles. The highest BCUT2D eigenvalue weighted by molar-refractivity contribution is 9.10. The van der Waals surface area contributed by atoms with Gasteiger partial charge in [0.05, 0.1) is 40.9 Å². The Labute approximate surface area is 856 Å². The Balaban J connectivity index is 0.000000111. The van der Waals surface area contributed by atoms with Gasteiger partial charge in [0.1, 0.15) is 0 Å². The molecule has 22 aromatic carbocycles. The molecule has 0 bridgehead atoms. The normalized spacial score (nSPS) is 13.7. The van der Waals surface area contributed by atoms with Gasteiger partial charge in [0.2, 0.25) is 0 Å². The molecule has 0 saturated carbocycles. The number of nitrogens with one attached hydrogen (secondary N) is 1. The van der Waals surface area contributed by atoms with E-state index < -0.39 is 0 Å². The number of halogens is 1. The maximum Gasteiger partial charge on any atom is 0.0858 e. The van der Waals surface area contributed by atoms with Crippen LogP contribution in [-0.4, -0.2) is 0 Å². The summed E-state index contributed by atoms with van der Waals surface area (Å²) < 4.78 is 1.14. The Hall–Kier alpha value is -17.9. The number of anilines is 10. The molecule has 6 nitrogen and oxygen atoms in total. The molecule has 0 aromatic heterocycles. The number of para-hydroxylation sites is 6. The first-order valence-electron chi connectivity index (χ1n) is 50.1. The van der Waals surface area contributed by atoms with Crippen molar-refractivity contribution >= 4 is 72.8 Å². The fourth-order valence-electron chi connectivity index (χ4n) is 23.5. The minimum Gasteiger partial charge on any atom is -0.398 e. The van der Waals surface area contributed by atoms with E-state index in [2.05, 4.69) is 509 Å². The van der Waals surface area contributed by atoms with Gasteiger partial charge >= 0.3 is 0 Å². The summed E-state index contributed by atoms with van der Waals surface area (Å²) in [6, 6.07) is 190. The summed E-state index contributed by atoms with van der Waals surface area (Å²) in [5.74, 6) is 0. The van der Waals surface area contributed by atoms with Crippen LogP contribution in [0.15, 0.2) is 532 Å². The third-order valence-electron chi connectivity index (χ3n) is 29.8. The van der Waals surface area contributed by atoms with Crippen molar-refractivity contribution in [2.75, 3.05) is 31.5 Å². The second-order valence-corrected chi connectivity index (χ2v) is 38.8. The highest BCUT2D eigenvalue weighted by Crippen LogP contribution is 2.69. The van der Waals surface area contributed by atoms with Gasteiger partial charge in [0.25, 0.3) is 0 Å². The maximum atomic E-state index is 6.24. The summed E-state index contributed by atoms with van der Waals surface area (Å²) in [7, 11) is 0. The molecule has 22 aromatic rings. The number of nitrogens with zero attached hydrogens (tertiary/aromatic N) is 3. The van der Waals surface area contributed by atoms with E-state index in [-0.39, 0.29) is 18.1 Å². The van der Waals surface area contributed by atoms with Gasteiger partial charge in [-0.2, -0.15) is 0 Å². The largest absolute Gasteiger partial charge is 0.398 e. The van der Waals surface area contributed by atoms with Gasteiger partial charge in [-0.15, -0.1) is 0 Å². The topological polar surface area (TPSA) is 73.8 Å². The Morgan fingerprint density at radius 2 is 0.393 bits per heavy atom. The first-order valence-corrected chi connectivity index (χ1v) is 50.9. The first-order chi connectivity index (χ1) is 71.8. The average Bonchev–Trinajstić information content (AvgIpc) is 0.666. The van der Waals surface area contributed by atoms with E-state index in [0.717, 1.165) is 57.6 Å². The Kier molecular flexibility index (Phi) is 23.6. The third-order valence-corrected chi connectivity index (χ3v) is 30.5. The molecule has 0 saturated heterocycles. The van der Waals surface area contributed by atoms with E-state index in [4.69, 9.17) is 11.5 Å². The molecule has 28 rings (SSSR count). The van der Waals surface area contributed by atoms with Crippen LogP contribution in [0.1, 0.15) is 84.9 Å². The minimum atomic E-state index is 0.0214. The highest BCUT2D eigenvalue weighted by Gasteiger charge is 2.50. The fraction of sp³-hybridized carbons (Fsp3) is 0.0435. The van der Waals surface area contributed by atoms with Gasteiger partial charge in [-0.3, -0.25) is 0 Å². The zero-order chi connectivity index (χ0) is 96.8. The molecule has 2 atom stereocenters. The summed E-state index contributed by atoms with van der Waals surface area (Å²) >= 11 is 3.53. The number of nitrogens with two attached hydrogens (primary N) is 2. The van der Waals surface area contributed by atoms with Gasteiger partial charge in [0, 0.05) is 94.2 Å². The predicted octanol–water partition coefficient (Wildman–Crippen LogP) is 36.2. The smallest absolute Gasteiger partial charge is 0.0858 e. The van der Waals surface area contributed by atoms with Gasteiger partial charge in [0.15, 0.2) is 0 Å². The monoisotopic (exact) mass is 1920 g/mol. The zero-order valence-corrected chi connectivity index (χ0v) is 81.5. The van der Waals surface area contributed by atoms with Gasteiger partial charge in [-0.05, 0) is 220 Å². The van der Waals surface area contributed by atoms with Crippen molar-refractivity contribution in [2.24, 2.45) is 0 Å². The van der Waals surface area contributed by atoms with Crippen LogP contribution in [-0.2, 0) is 19.3 Å². The third kappa shape index (κ3) is 16.1. The van der Waals surface area contributed by atoms with E-state index in [1.54, 1.807) is 0 Å². The molecule has 0 spiro atoms. The molecule has 6 heterocycles. The molecule has 2 unspecified atom stereocenters. The summed E-state index contributed by atoms with van der Waals surface area (Å²) in [6.07, 6.45) is 2.49. The van der Waals surface area contributed by atoms with Crippen molar-refractivity contribution < 1.29 is 0 Å². The van der Waals surface area contributed by atoms with Crippen molar-refractivity contribution in [2.45, 2.75) is 37.4 Å². The summed E-state index contributed by atoms with van der Waals surface area (Å²) in [5, 5.41) is 3.89. The molecule has 6 aliphatic rings. The van der Waals surface area contributed by atoms with E-state index in [1.807, 2.05) is 54.6 Å². The second kappa shape index (κ2) is 38.6. The van der Waals surface area contributed by atoms with Crippen LogP contribution in [0.5, 0.6) is 0 Å². The first kappa shape index (κ1) is 88.5. The molecule has 145 heavy (non-hydrogen) atoms. The van der Waals surface area contributed by atoms with Gasteiger partial charge < -0.3 is 31.5 Å². The number of rotatable bonds is 15. The fourth-order valence-corrected chi connectivity index (χ4v) is 24.0. The number of benzene rings is 22. The standard InChI is InChI=1S/C51H31N3.C50H39N.C25H22N2.C12H9Br/c1-3-17-33-29(13-1)31-15-5-7-23-39(31)52-41-25-11-21-37-47(41)45-35(49(33)52)19-9-27-43(45)54-44-28-10-20-36-46(44)48-38(51(37)54)22-12-26-42(48)53-40-24-8-6-16-32(40)30-14-2-4-18-34(30)50(36)53;1-3-19-37(20-4-1)43-27-11-7-23-39(43)35-41-25-9-13-29-45(41)47-31-15-17-33-49(47)51-50-34-18-16-32-48(50)46-30-14-10-26-42(46)36-40-24-8-12-28-44(40)38-21-5-2-6-22-38;26-24-15-7-5-13-22(24)20-11-3-1-9-18(20)17-19-10-2-4-12-21(19)23-14-6-8-16-25(23)27;13-12-9-5-4-8-11(12)10-6-2-1-3-7-10/h1-28,49-51H;1-34,51H,35-36H2;1-16H,17,26-27H2;1-9H. The van der Waals surface area contributed by atoms with Crippen molar-refractivity contribution in [1.82, 2.24) is 0 Å². The number of hydrogen-bond donors (Lipinski definition) is 3. The lowest BCUT2D eigenvalue weighted by atomic mass is 9.70. The SMILES string of the molecule is Brc1ccccc1-c1ccccc1.Nc1ccccc1-c1ccccc1Cc1ccccc1-c1ccccc1N.c1ccc(-c2ccccc2Cc2ccccc2-c2ccccc2Nc2ccccc2-c2ccccc2Cc2ccccc2-c2ccccc2)cc1.c1ccc2c(c1)-c1ccccc1N1c3cccc4c3-c3c(cccc3N3c5cccc6c5-c5c(cccc5N5c7ccccc7-c7ccccc7C65)C43)C21. The lowest BCUT2D eigenvalue weighted by Gasteiger charge is -2.53. The van der Waals surface area contributed by atoms with Crippen molar-refractivity contribution in [3.05, 3.63) is 599 Å². The molecular formula is C138H101BrN6. The number of fused-ring (bicyclic) bond motifs is 21. The molecule has 5 N–H and O–H groups in total. The van der Waals surface area contributed by atoms with Crippen LogP contribution in [0.25, 0.3) is 122 Å². The molecule has 0 aliphatic carbocycles. The van der Waals surface area contributed by atoms with E-state index in [9.17, 15) is 0 Å². The van der Waals surface area contributed by atoms with Crippen molar-refractivity contribution in [1.29, 1.82) is 0 Å². The quantitative estimate of drug-likeness (QED) is 0.0889. The van der Waals surface area contributed by atoms with Crippen LogP contribution in [0.4, 0.5) is 56.9 Å². The second-order valence-electron chi connectivity index (χ2n) is 37.9. The average molecular weight is 1920 g/mol. The van der Waals surface area contributed by atoms with E-state index in [0.29, 0.717) is 0 Å². The zero-order valence-electron chi connectivity index (χ0n) is 80.0. The number of nitrogen functional groups attached to an aromatic ring is 2. The Morgan fingerprint density at radius 1 is 0.172 bits per heavy atom. The predicted molar refractivity (Wildman–Crippen MR) is 611 cm³/mol. The summed E-state index contributed by atoms with van der Waals surface area (Å²) in [5.41, 5.74) is 67.6. The molecule has 690 valence electrons. The van der Waals surface area contributed by atoms with Gasteiger partial charge in [-0.25, -0.2) is 0 Å². The molecule has 7 heteroatoms. The van der Waals surface area contributed by atoms with Crippen LogP contribution in [0, 0.1) is 0 Å². The van der Waals surface area contributed by atoms with Crippen LogP contribution in [0.3, 0.4) is 0 Å². The molecular weight excluding hydrogens is 1820 g/mol. The summed E-state index contributed by atoms with van der Waals surface area (Å²) in [6.45, 7) is 0. The number of hydrogen-bond acceptors (Lipinski definition) is 6. The molecule has 0 fully saturated rings. The van der Waals surface area contributed by atoms with E-state index >= 15 is 0 Å².